The summed E-state index contributed by atoms with van der Waals surface area (Å²) in [5.74, 6) is 0.809. The van der Waals surface area contributed by atoms with E-state index < -0.39 is 0 Å². The predicted molar refractivity (Wildman–Crippen MR) is 117 cm³/mol. The molecule has 1 N–H and O–H groups in total. The Bertz CT molecular complexity index is 1050. The molecular weight excluding hydrogens is 342 g/mol. The molecule has 28 heavy (non-hydrogen) atoms. The van der Waals surface area contributed by atoms with Crippen LogP contribution in [0.3, 0.4) is 0 Å². The second kappa shape index (κ2) is 8.31. The molecule has 0 atom stereocenters. The molecule has 1 heterocycles. The molecule has 3 heteroatoms. The van der Waals surface area contributed by atoms with E-state index in [0.29, 0.717) is 0 Å². The van der Waals surface area contributed by atoms with Crippen molar-refractivity contribution in [2.45, 2.75) is 6.92 Å². The molecule has 0 aliphatic rings. The second-order valence-corrected chi connectivity index (χ2v) is 6.50. The number of para-hydroxylation sites is 2. The second-order valence-electron chi connectivity index (χ2n) is 6.50. The highest BCUT2D eigenvalue weighted by Crippen LogP contribution is 2.29. The summed E-state index contributed by atoms with van der Waals surface area (Å²) in [5.41, 5.74) is 5.86. The highest BCUT2D eigenvalue weighted by Gasteiger charge is 2.09. The summed E-state index contributed by atoms with van der Waals surface area (Å²) in [6, 6.07) is 34.5. The quantitative estimate of drug-likeness (QED) is 0.422. The third-order valence-electron chi connectivity index (χ3n) is 4.38. The summed E-state index contributed by atoms with van der Waals surface area (Å²) in [6.07, 6.45) is 0. The van der Waals surface area contributed by atoms with Gasteiger partial charge in [0, 0.05) is 16.8 Å². The number of aryl methyl sites for hydroxylation is 1. The van der Waals surface area contributed by atoms with E-state index in [-0.39, 0.29) is 0 Å². The Morgan fingerprint density at radius 1 is 0.679 bits per heavy atom. The van der Waals surface area contributed by atoms with E-state index in [2.05, 4.69) is 34.6 Å². The number of nitrogens with one attached hydrogen (secondary N) is 1. The fourth-order valence-corrected chi connectivity index (χ4v) is 3.04. The minimum absolute atomic E-state index is 0.809. The molecule has 0 amide bonds. The highest BCUT2D eigenvalue weighted by atomic mass is 15.0. The van der Waals surface area contributed by atoms with Crippen LogP contribution in [0, 0.1) is 6.92 Å². The van der Waals surface area contributed by atoms with Crippen molar-refractivity contribution in [2.75, 3.05) is 5.32 Å². The molecular formula is C25H21N3. The Labute approximate surface area is 165 Å². The molecule has 4 aromatic rings. The van der Waals surface area contributed by atoms with Crippen molar-refractivity contribution in [3.05, 3.63) is 120 Å². The first-order chi connectivity index (χ1) is 13.8. The Hall–Kier alpha value is -3.72. The summed E-state index contributed by atoms with van der Waals surface area (Å²) in [4.78, 5) is 9.59. The largest absolute Gasteiger partial charge is 0.338 e. The molecule has 0 saturated heterocycles. The zero-order valence-corrected chi connectivity index (χ0v) is 15.7. The Kier molecular flexibility index (Phi) is 5.25. The molecule has 3 aromatic carbocycles. The third-order valence-corrected chi connectivity index (χ3v) is 4.38. The number of pyridine rings is 1. The lowest BCUT2D eigenvalue weighted by Crippen LogP contribution is -2.03. The van der Waals surface area contributed by atoms with Crippen molar-refractivity contribution in [1.82, 2.24) is 4.98 Å². The van der Waals surface area contributed by atoms with Gasteiger partial charge in [-0.1, -0.05) is 78.9 Å². The molecule has 0 aliphatic carbocycles. The van der Waals surface area contributed by atoms with Crippen LogP contribution < -0.4 is 5.32 Å². The van der Waals surface area contributed by atoms with Gasteiger partial charge in [0.15, 0.2) is 0 Å². The van der Waals surface area contributed by atoms with Crippen molar-refractivity contribution in [3.8, 4) is 0 Å². The minimum atomic E-state index is 0.809. The summed E-state index contributed by atoms with van der Waals surface area (Å²) >= 11 is 0. The molecule has 0 spiro atoms. The maximum absolute atomic E-state index is 5.04. The maximum Gasteiger partial charge on any atom is 0.130 e. The first-order valence-corrected chi connectivity index (χ1v) is 9.29. The molecule has 0 unspecified atom stereocenters. The molecule has 0 fully saturated rings. The number of benzene rings is 3. The fraction of sp³-hybridized carbons (Fsp3) is 0.0400. The van der Waals surface area contributed by atoms with Crippen LogP contribution in [0.4, 0.5) is 17.2 Å². The first-order valence-electron chi connectivity index (χ1n) is 9.29. The van der Waals surface area contributed by atoms with Crippen LogP contribution in [0.1, 0.15) is 16.8 Å². The molecule has 0 aliphatic heterocycles. The van der Waals surface area contributed by atoms with Gasteiger partial charge in [-0.25, -0.2) is 9.98 Å². The van der Waals surface area contributed by atoms with E-state index in [1.54, 1.807) is 0 Å². The van der Waals surface area contributed by atoms with Crippen molar-refractivity contribution in [2.24, 2.45) is 4.99 Å². The zero-order valence-electron chi connectivity index (χ0n) is 15.7. The van der Waals surface area contributed by atoms with E-state index in [1.807, 2.05) is 85.8 Å². The van der Waals surface area contributed by atoms with Crippen LogP contribution in [0.25, 0.3) is 0 Å². The summed E-state index contributed by atoms with van der Waals surface area (Å²) < 4.78 is 0. The Balaban J connectivity index is 1.79. The number of hydrogen-bond acceptors (Lipinski definition) is 3. The topological polar surface area (TPSA) is 37.3 Å². The van der Waals surface area contributed by atoms with E-state index in [0.717, 1.165) is 39.7 Å². The van der Waals surface area contributed by atoms with E-state index in [4.69, 9.17) is 4.99 Å². The molecule has 136 valence electrons. The van der Waals surface area contributed by atoms with Crippen molar-refractivity contribution < 1.29 is 0 Å². The Morgan fingerprint density at radius 3 is 1.93 bits per heavy atom. The molecule has 0 saturated carbocycles. The van der Waals surface area contributed by atoms with Gasteiger partial charge in [0.05, 0.1) is 17.1 Å². The monoisotopic (exact) mass is 363 g/mol. The van der Waals surface area contributed by atoms with Crippen molar-refractivity contribution >= 4 is 22.9 Å². The van der Waals surface area contributed by atoms with Crippen molar-refractivity contribution in [3.63, 3.8) is 0 Å². The van der Waals surface area contributed by atoms with Gasteiger partial charge in [-0.2, -0.15) is 0 Å². The van der Waals surface area contributed by atoms with Gasteiger partial charge in [-0.3, -0.25) is 0 Å². The smallest absolute Gasteiger partial charge is 0.130 e. The zero-order chi connectivity index (χ0) is 19.2. The molecule has 1 aromatic heterocycles. The van der Waals surface area contributed by atoms with Gasteiger partial charge < -0.3 is 5.32 Å². The molecule has 0 bridgehead atoms. The average Bonchev–Trinajstić information content (AvgIpc) is 2.74. The van der Waals surface area contributed by atoms with Crippen LogP contribution in [0.2, 0.25) is 0 Å². The maximum atomic E-state index is 5.04. The lowest BCUT2D eigenvalue weighted by atomic mass is 10.0. The number of rotatable bonds is 5. The summed E-state index contributed by atoms with van der Waals surface area (Å²) in [7, 11) is 0. The van der Waals surface area contributed by atoms with Crippen LogP contribution in [0.15, 0.2) is 108 Å². The van der Waals surface area contributed by atoms with Gasteiger partial charge >= 0.3 is 0 Å². The SMILES string of the molecule is Cc1cccc(Nc2ccccc2N=C(c2ccccc2)c2ccccc2)n1. The third kappa shape index (κ3) is 4.15. The van der Waals surface area contributed by atoms with E-state index >= 15 is 0 Å². The molecule has 0 radical (unpaired) electrons. The lowest BCUT2D eigenvalue weighted by Gasteiger charge is -2.12. The fourth-order valence-electron chi connectivity index (χ4n) is 3.04. The van der Waals surface area contributed by atoms with Crippen LogP contribution in [0.5, 0.6) is 0 Å². The van der Waals surface area contributed by atoms with E-state index in [9.17, 15) is 0 Å². The van der Waals surface area contributed by atoms with E-state index in [1.165, 1.54) is 0 Å². The average molecular weight is 363 g/mol. The van der Waals surface area contributed by atoms with Crippen LogP contribution >= 0.6 is 0 Å². The van der Waals surface area contributed by atoms with Gasteiger partial charge in [0.2, 0.25) is 0 Å². The van der Waals surface area contributed by atoms with Crippen molar-refractivity contribution in [1.29, 1.82) is 0 Å². The lowest BCUT2D eigenvalue weighted by molar-refractivity contribution is 1.20. The summed E-state index contributed by atoms with van der Waals surface area (Å²) in [5, 5.41) is 3.40. The number of aromatic nitrogens is 1. The standard InChI is InChI=1S/C25H21N3/c1-19-11-10-18-24(26-19)27-22-16-8-9-17-23(22)28-25(20-12-4-2-5-13-20)21-14-6-3-7-15-21/h2-18H,1H3,(H,26,27). The molecule has 3 nitrogen and oxygen atoms in total. The van der Waals surface area contributed by atoms with Gasteiger partial charge in [0.25, 0.3) is 0 Å². The number of anilines is 2. The summed E-state index contributed by atoms with van der Waals surface area (Å²) in [6.45, 7) is 1.98. The van der Waals surface area contributed by atoms with Crippen LogP contribution in [-0.4, -0.2) is 10.7 Å². The number of nitrogens with zero attached hydrogens (tertiary/aromatic N) is 2. The number of hydrogen-bond donors (Lipinski definition) is 1. The Morgan fingerprint density at radius 2 is 1.29 bits per heavy atom. The predicted octanol–water partition coefficient (Wildman–Crippen LogP) is 6.30. The number of aliphatic imine (C=N–C) groups is 1. The van der Waals surface area contributed by atoms with Gasteiger partial charge in [-0.15, -0.1) is 0 Å². The van der Waals surface area contributed by atoms with Gasteiger partial charge in [0.1, 0.15) is 5.82 Å². The highest BCUT2D eigenvalue weighted by molar-refractivity contribution is 6.14. The normalized spacial score (nSPS) is 10.3. The first kappa shape index (κ1) is 17.7. The molecule has 4 rings (SSSR count). The van der Waals surface area contributed by atoms with Gasteiger partial charge in [-0.05, 0) is 31.2 Å². The van der Waals surface area contributed by atoms with Crippen LogP contribution in [-0.2, 0) is 0 Å². The minimum Gasteiger partial charge on any atom is -0.338 e.